The van der Waals surface area contributed by atoms with Crippen LogP contribution in [0.3, 0.4) is 0 Å². The lowest BCUT2D eigenvalue weighted by Gasteiger charge is -2.39. The maximum absolute atomic E-state index is 12.3. The Morgan fingerprint density at radius 3 is 2.93 bits per heavy atom. The molecule has 1 saturated heterocycles. The fraction of sp³-hybridized carbons (Fsp3) is 0.471. The minimum absolute atomic E-state index is 0.136. The van der Waals surface area contributed by atoms with Crippen LogP contribution in [0, 0.1) is 0 Å². The maximum Gasteiger partial charge on any atom is 0.273 e. The number of aromatic nitrogens is 6. The molecular weight excluding hydrogens is 364 g/mol. The molecule has 2 aliphatic rings. The summed E-state index contributed by atoms with van der Waals surface area (Å²) in [4.78, 5) is 18.8. The molecule has 0 aromatic carbocycles. The summed E-state index contributed by atoms with van der Waals surface area (Å²) in [5.74, 6) is -0.136. The van der Waals surface area contributed by atoms with E-state index >= 15 is 0 Å². The number of hydrogen-bond acceptors (Lipinski definition) is 7. The number of carbonyl (C=O) groups is 1. The lowest BCUT2D eigenvalue weighted by atomic mass is 10.1. The highest BCUT2D eigenvalue weighted by atomic mass is 32.1. The van der Waals surface area contributed by atoms with Crippen LogP contribution in [0.1, 0.15) is 39.9 Å². The van der Waals surface area contributed by atoms with Crippen LogP contribution in [-0.4, -0.2) is 59.7 Å². The number of thiazole rings is 1. The van der Waals surface area contributed by atoms with Gasteiger partial charge in [-0.15, -0.1) is 16.4 Å². The highest BCUT2D eigenvalue weighted by Gasteiger charge is 2.30. The van der Waals surface area contributed by atoms with Gasteiger partial charge in [-0.1, -0.05) is 5.21 Å². The van der Waals surface area contributed by atoms with Crippen molar-refractivity contribution in [1.82, 2.24) is 40.0 Å². The third kappa shape index (κ3) is 3.76. The monoisotopic (exact) mass is 384 g/mol. The van der Waals surface area contributed by atoms with E-state index in [0.29, 0.717) is 18.3 Å². The molecule has 0 spiro atoms. The Morgan fingerprint density at radius 1 is 1.26 bits per heavy atom. The van der Waals surface area contributed by atoms with Crippen LogP contribution >= 0.6 is 11.3 Å². The van der Waals surface area contributed by atoms with Crippen molar-refractivity contribution in [2.45, 2.75) is 38.0 Å². The summed E-state index contributed by atoms with van der Waals surface area (Å²) < 4.78 is 3.71. The van der Waals surface area contributed by atoms with Gasteiger partial charge in [0.1, 0.15) is 5.01 Å². The highest BCUT2D eigenvalue weighted by Crippen LogP contribution is 2.33. The van der Waals surface area contributed by atoms with Gasteiger partial charge in [-0.25, -0.2) is 9.67 Å². The second-order valence-electron chi connectivity index (χ2n) is 7.15. The molecule has 9 nitrogen and oxygen atoms in total. The molecule has 4 heterocycles. The van der Waals surface area contributed by atoms with Gasteiger partial charge in [0.25, 0.3) is 5.91 Å². The van der Waals surface area contributed by atoms with Crippen molar-refractivity contribution in [2.24, 2.45) is 0 Å². The van der Waals surface area contributed by atoms with Gasteiger partial charge >= 0.3 is 0 Å². The quantitative estimate of drug-likeness (QED) is 0.651. The smallest absolute Gasteiger partial charge is 0.273 e. The van der Waals surface area contributed by atoms with Crippen molar-refractivity contribution in [3.8, 4) is 0 Å². The summed E-state index contributed by atoms with van der Waals surface area (Å²) in [6.45, 7) is 3.21. The van der Waals surface area contributed by atoms with Gasteiger partial charge < -0.3 is 5.32 Å². The van der Waals surface area contributed by atoms with Crippen LogP contribution in [0.15, 0.2) is 30.2 Å². The predicted octanol–water partition coefficient (Wildman–Crippen LogP) is 0.928. The summed E-state index contributed by atoms with van der Waals surface area (Å²) in [5, 5.41) is 18.5. The molecule has 3 aromatic rings. The van der Waals surface area contributed by atoms with E-state index < -0.39 is 0 Å². The molecule has 1 saturated carbocycles. The Hall–Kier alpha value is -2.59. The lowest BCUT2D eigenvalue weighted by molar-refractivity contribution is 0.0790. The number of nitrogens with zero attached hydrogens (tertiary/aromatic N) is 7. The molecule has 140 valence electrons. The molecule has 1 aliphatic carbocycles. The lowest BCUT2D eigenvalue weighted by Crippen LogP contribution is -2.58. The second-order valence-corrected chi connectivity index (χ2v) is 8.13. The Balaban J connectivity index is 1.08. The van der Waals surface area contributed by atoms with Gasteiger partial charge in [-0.2, -0.15) is 5.10 Å². The number of nitrogens with one attached hydrogen (secondary N) is 1. The molecule has 10 heteroatoms. The molecule has 1 aliphatic heterocycles. The number of carbonyl (C=O) groups excluding carboxylic acids is 1. The van der Waals surface area contributed by atoms with Crippen LogP contribution in [0.5, 0.6) is 0 Å². The zero-order chi connectivity index (χ0) is 18.2. The molecule has 27 heavy (non-hydrogen) atoms. The topological polar surface area (TPSA) is 93.8 Å². The van der Waals surface area contributed by atoms with Crippen molar-refractivity contribution in [3.05, 3.63) is 46.4 Å². The van der Waals surface area contributed by atoms with E-state index in [2.05, 4.69) is 36.8 Å². The maximum atomic E-state index is 12.3. The Kier molecular flexibility index (Phi) is 4.21. The average molecular weight is 384 g/mol. The van der Waals surface area contributed by atoms with Crippen molar-refractivity contribution in [3.63, 3.8) is 0 Å². The molecule has 0 radical (unpaired) electrons. The Bertz CT molecular complexity index is 923. The Labute approximate surface area is 160 Å². The fourth-order valence-electron chi connectivity index (χ4n) is 3.25. The fourth-order valence-corrected chi connectivity index (χ4v) is 3.86. The first kappa shape index (κ1) is 16.6. The molecule has 2 fully saturated rings. The van der Waals surface area contributed by atoms with Crippen molar-refractivity contribution < 1.29 is 4.79 Å². The molecule has 0 bridgehead atoms. The van der Waals surface area contributed by atoms with Gasteiger partial charge in [0.15, 0.2) is 5.69 Å². The van der Waals surface area contributed by atoms with Crippen LogP contribution in [0.25, 0.3) is 0 Å². The van der Waals surface area contributed by atoms with Gasteiger partial charge in [-0.3, -0.25) is 14.4 Å². The van der Waals surface area contributed by atoms with Gasteiger partial charge in [0, 0.05) is 43.0 Å². The average Bonchev–Trinajstić information content (AvgIpc) is 3.05. The van der Waals surface area contributed by atoms with Crippen LogP contribution in [-0.2, 0) is 13.1 Å². The van der Waals surface area contributed by atoms with E-state index in [-0.39, 0.29) is 11.9 Å². The normalized spacial score (nSPS) is 17.8. The third-order valence-electron chi connectivity index (χ3n) is 4.83. The minimum atomic E-state index is -0.136. The Morgan fingerprint density at radius 2 is 2.15 bits per heavy atom. The van der Waals surface area contributed by atoms with Crippen LogP contribution < -0.4 is 5.32 Å². The first-order valence-corrected chi connectivity index (χ1v) is 9.95. The number of hydrogen-bond donors (Lipinski definition) is 1. The SMILES string of the molecule is O=C(NC1CN(Cc2cnn(Cc3nccs3)c2)C1)c1cn(C2CC2)nn1. The number of rotatable bonds is 7. The molecule has 0 unspecified atom stereocenters. The number of likely N-dealkylation sites (tertiary alicyclic amines) is 1. The van der Waals surface area contributed by atoms with E-state index in [1.54, 1.807) is 22.2 Å². The van der Waals surface area contributed by atoms with Crippen molar-refractivity contribution in [2.75, 3.05) is 13.1 Å². The molecule has 1 amide bonds. The molecular formula is C17H20N8OS. The zero-order valence-corrected chi connectivity index (χ0v) is 15.5. The van der Waals surface area contributed by atoms with Gasteiger partial charge in [0.05, 0.1) is 31.0 Å². The van der Waals surface area contributed by atoms with E-state index in [1.807, 2.05) is 22.5 Å². The zero-order valence-electron chi connectivity index (χ0n) is 14.7. The third-order valence-corrected chi connectivity index (χ3v) is 5.59. The molecule has 1 N–H and O–H groups in total. The van der Waals surface area contributed by atoms with Crippen LogP contribution in [0.2, 0.25) is 0 Å². The largest absolute Gasteiger partial charge is 0.345 e. The first-order chi connectivity index (χ1) is 13.2. The van der Waals surface area contributed by atoms with E-state index in [9.17, 15) is 4.79 Å². The summed E-state index contributed by atoms with van der Waals surface area (Å²) in [6.07, 6.45) is 9.77. The summed E-state index contributed by atoms with van der Waals surface area (Å²) in [5.41, 5.74) is 1.58. The second kappa shape index (κ2) is 6.86. The summed E-state index contributed by atoms with van der Waals surface area (Å²) >= 11 is 1.63. The minimum Gasteiger partial charge on any atom is -0.345 e. The van der Waals surface area contributed by atoms with Gasteiger partial charge in [-0.05, 0) is 12.8 Å². The number of amides is 1. The first-order valence-electron chi connectivity index (χ1n) is 9.08. The van der Waals surface area contributed by atoms with Crippen molar-refractivity contribution in [1.29, 1.82) is 0 Å². The summed E-state index contributed by atoms with van der Waals surface area (Å²) in [7, 11) is 0. The van der Waals surface area contributed by atoms with E-state index in [1.165, 1.54) is 5.56 Å². The van der Waals surface area contributed by atoms with E-state index in [4.69, 9.17) is 0 Å². The van der Waals surface area contributed by atoms with Crippen LogP contribution in [0.4, 0.5) is 0 Å². The summed E-state index contributed by atoms with van der Waals surface area (Å²) in [6, 6.07) is 0.601. The van der Waals surface area contributed by atoms with Gasteiger partial charge in [0.2, 0.25) is 0 Å². The highest BCUT2D eigenvalue weighted by molar-refractivity contribution is 7.09. The molecule has 3 aromatic heterocycles. The standard InChI is InChI=1S/C17H20N8OS/c26-17(15-10-25(22-21-15)14-1-2-14)20-13-8-23(9-13)6-12-5-19-24(7-12)11-16-18-3-4-27-16/h3-5,7,10,13-14H,1-2,6,8-9,11H2,(H,20,26). The molecule has 0 atom stereocenters. The molecule has 5 rings (SSSR count). The predicted molar refractivity (Wildman–Crippen MR) is 98.3 cm³/mol. The van der Waals surface area contributed by atoms with E-state index in [0.717, 1.165) is 37.5 Å². The van der Waals surface area contributed by atoms with Crippen molar-refractivity contribution >= 4 is 17.2 Å².